The standard InChI is InChI=1S/C14H11BrO3/c1-18-13-5-3-2-4-11(13)10-7-6-9(15)8-12(10)14(16)17/h2-8H,1H3,(H,16,17). The van der Waals surface area contributed by atoms with E-state index in [0.29, 0.717) is 11.3 Å². The Morgan fingerprint density at radius 2 is 1.89 bits per heavy atom. The Morgan fingerprint density at radius 1 is 1.17 bits per heavy atom. The molecule has 0 saturated heterocycles. The van der Waals surface area contributed by atoms with Crippen LogP contribution in [0.15, 0.2) is 46.9 Å². The van der Waals surface area contributed by atoms with Gasteiger partial charge in [0, 0.05) is 10.0 Å². The Morgan fingerprint density at radius 3 is 2.56 bits per heavy atom. The molecule has 0 unspecified atom stereocenters. The first-order valence-corrected chi connectivity index (χ1v) is 6.09. The van der Waals surface area contributed by atoms with Crippen LogP contribution in [0.1, 0.15) is 10.4 Å². The maximum atomic E-state index is 11.3. The smallest absolute Gasteiger partial charge is 0.336 e. The van der Waals surface area contributed by atoms with E-state index in [1.165, 1.54) is 0 Å². The topological polar surface area (TPSA) is 46.5 Å². The third kappa shape index (κ3) is 2.38. The summed E-state index contributed by atoms with van der Waals surface area (Å²) >= 11 is 3.28. The van der Waals surface area contributed by atoms with Gasteiger partial charge in [0.15, 0.2) is 0 Å². The van der Waals surface area contributed by atoms with Crippen molar-refractivity contribution in [2.45, 2.75) is 0 Å². The summed E-state index contributed by atoms with van der Waals surface area (Å²) in [5.41, 5.74) is 1.65. The molecule has 2 aromatic carbocycles. The second kappa shape index (κ2) is 5.23. The molecule has 92 valence electrons. The third-order valence-corrected chi connectivity index (χ3v) is 3.10. The van der Waals surface area contributed by atoms with E-state index in [1.54, 1.807) is 19.2 Å². The van der Waals surface area contributed by atoms with Gasteiger partial charge in [0.05, 0.1) is 12.7 Å². The van der Waals surface area contributed by atoms with Gasteiger partial charge in [-0.3, -0.25) is 0 Å². The van der Waals surface area contributed by atoms with Crippen molar-refractivity contribution in [2.75, 3.05) is 7.11 Å². The Labute approximate surface area is 113 Å². The number of carbonyl (C=O) groups is 1. The summed E-state index contributed by atoms with van der Waals surface area (Å²) in [7, 11) is 1.57. The zero-order valence-corrected chi connectivity index (χ0v) is 11.3. The molecule has 0 saturated carbocycles. The SMILES string of the molecule is COc1ccccc1-c1ccc(Br)cc1C(=O)O. The van der Waals surface area contributed by atoms with Gasteiger partial charge in [-0.15, -0.1) is 0 Å². The van der Waals surface area contributed by atoms with Crippen molar-refractivity contribution in [1.29, 1.82) is 0 Å². The van der Waals surface area contributed by atoms with Crippen molar-refractivity contribution in [3.05, 3.63) is 52.5 Å². The first-order chi connectivity index (χ1) is 8.63. The molecule has 2 aromatic rings. The predicted molar refractivity (Wildman–Crippen MR) is 73.1 cm³/mol. The van der Waals surface area contributed by atoms with Crippen molar-refractivity contribution in [1.82, 2.24) is 0 Å². The average Bonchev–Trinajstić information content (AvgIpc) is 2.38. The molecule has 1 N–H and O–H groups in total. The molecule has 0 bridgehead atoms. The summed E-state index contributed by atoms with van der Waals surface area (Å²) in [6.45, 7) is 0. The molecular weight excluding hydrogens is 296 g/mol. The van der Waals surface area contributed by atoms with E-state index in [0.717, 1.165) is 10.0 Å². The van der Waals surface area contributed by atoms with Crippen molar-refractivity contribution in [2.24, 2.45) is 0 Å². The summed E-state index contributed by atoms with van der Waals surface area (Å²) in [4.78, 5) is 11.3. The van der Waals surface area contributed by atoms with Gasteiger partial charge in [-0.05, 0) is 23.8 Å². The fraction of sp³-hybridized carbons (Fsp3) is 0.0714. The van der Waals surface area contributed by atoms with Gasteiger partial charge in [-0.25, -0.2) is 4.79 Å². The van der Waals surface area contributed by atoms with Crippen LogP contribution < -0.4 is 4.74 Å². The lowest BCUT2D eigenvalue weighted by Gasteiger charge is -2.11. The lowest BCUT2D eigenvalue weighted by atomic mass is 9.99. The first kappa shape index (κ1) is 12.6. The normalized spacial score (nSPS) is 10.1. The average molecular weight is 307 g/mol. The molecule has 0 fully saturated rings. The van der Waals surface area contributed by atoms with Crippen LogP contribution >= 0.6 is 15.9 Å². The predicted octanol–water partition coefficient (Wildman–Crippen LogP) is 3.82. The fourth-order valence-electron chi connectivity index (χ4n) is 1.80. The van der Waals surface area contributed by atoms with Gasteiger partial charge in [-0.1, -0.05) is 40.2 Å². The number of benzene rings is 2. The van der Waals surface area contributed by atoms with Gasteiger partial charge in [0.1, 0.15) is 5.75 Å². The van der Waals surface area contributed by atoms with Crippen LogP contribution in [0.25, 0.3) is 11.1 Å². The largest absolute Gasteiger partial charge is 0.496 e. The molecule has 2 rings (SSSR count). The van der Waals surface area contributed by atoms with Gasteiger partial charge in [0.25, 0.3) is 0 Å². The van der Waals surface area contributed by atoms with Crippen LogP contribution in [0.5, 0.6) is 5.75 Å². The lowest BCUT2D eigenvalue weighted by molar-refractivity contribution is 0.0697. The summed E-state index contributed by atoms with van der Waals surface area (Å²) < 4.78 is 5.99. The Balaban J connectivity index is 2.67. The molecule has 0 aliphatic carbocycles. The fourth-order valence-corrected chi connectivity index (χ4v) is 2.16. The number of halogens is 1. The van der Waals surface area contributed by atoms with E-state index in [2.05, 4.69) is 15.9 Å². The van der Waals surface area contributed by atoms with E-state index in [-0.39, 0.29) is 5.56 Å². The molecule has 3 nitrogen and oxygen atoms in total. The Bertz CT molecular complexity index is 593. The number of aromatic carboxylic acids is 1. The molecule has 0 aromatic heterocycles. The minimum atomic E-state index is -0.961. The monoisotopic (exact) mass is 306 g/mol. The number of para-hydroxylation sites is 1. The van der Waals surface area contributed by atoms with Gasteiger partial charge < -0.3 is 9.84 Å². The first-order valence-electron chi connectivity index (χ1n) is 5.29. The highest BCUT2D eigenvalue weighted by Crippen LogP contribution is 2.33. The summed E-state index contributed by atoms with van der Waals surface area (Å²) in [5, 5.41) is 9.25. The number of carboxylic acid groups (broad SMARTS) is 1. The second-order valence-corrected chi connectivity index (χ2v) is 4.61. The molecule has 0 radical (unpaired) electrons. The number of hydrogen-bond acceptors (Lipinski definition) is 2. The molecule has 0 heterocycles. The maximum absolute atomic E-state index is 11.3. The van der Waals surface area contributed by atoms with Crippen LogP contribution in [0.4, 0.5) is 0 Å². The lowest BCUT2D eigenvalue weighted by Crippen LogP contribution is -2.00. The van der Waals surface area contributed by atoms with Crippen LogP contribution in [0.2, 0.25) is 0 Å². The molecule has 0 atom stereocenters. The third-order valence-electron chi connectivity index (χ3n) is 2.61. The van der Waals surface area contributed by atoms with E-state index in [1.807, 2.05) is 30.3 Å². The number of carboxylic acids is 1. The van der Waals surface area contributed by atoms with E-state index >= 15 is 0 Å². The molecule has 0 aliphatic heterocycles. The van der Waals surface area contributed by atoms with Crippen molar-refractivity contribution in [3.8, 4) is 16.9 Å². The number of ether oxygens (including phenoxy) is 1. The maximum Gasteiger partial charge on any atom is 0.336 e. The minimum absolute atomic E-state index is 0.244. The molecule has 0 spiro atoms. The summed E-state index contributed by atoms with van der Waals surface area (Å²) in [6.07, 6.45) is 0. The van der Waals surface area contributed by atoms with E-state index in [9.17, 15) is 9.90 Å². The number of methoxy groups -OCH3 is 1. The zero-order chi connectivity index (χ0) is 13.1. The van der Waals surface area contributed by atoms with E-state index in [4.69, 9.17) is 4.74 Å². The van der Waals surface area contributed by atoms with Crippen molar-refractivity contribution in [3.63, 3.8) is 0 Å². The van der Waals surface area contributed by atoms with Crippen LogP contribution in [-0.2, 0) is 0 Å². The summed E-state index contributed by atoms with van der Waals surface area (Å²) in [6, 6.07) is 12.5. The van der Waals surface area contributed by atoms with Crippen LogP contribution in [-0.4, -0.2) is 18.2 Å². The molecule has 4 heteroatoms. The van der Waals surface area contributed by atoms with Gasteiger partial charge in [0.2, 0.25) is 0 Å². The molecule has 0 amide bonds. The summed E-state index contributed by atoms with van der Waals surface area (Å²) in [5.74, 6) is -0.306. The van der Waals surface area contributed by atoms with Gasteiger partial charge >= 0.3 is 5.97 Å². The van der Waals surface area contributed by atoms with Crippen molar-refractivity contribution >= 4 is 21.9 Å². The quantitative estimate of drug-likeness (QED) is 0.937. The number of rotatable bonds is 3. The highest BCUT2D eigenvalue weighted by Gasteiger charge is 2.14. The highest BCUT2D eigenvalue weighted by atomic mass is 79.9. The van der Waals surface area contributed by atoms with Crippen LogP contribution in [0.3, 0.4) is 0 Å². The molecular formula is C14H11BrO3. The van der Waals surface area contributed by atoms with Crippen molar-refractivity contribution < 1.29 is 14.6 Å². The highest BCUT2D eigenvalue weighted by molar-refractivity contribution is 9.10. The number of hydrogen-bond donors (Lipinski definition) is 1. The van der Waals surface area contributed by atoms with Crippen LogP contribution in [0, 0.1) is 0 Å². The molecule has 18 heavy (non-hydrogen) atoms. The second-order valence-electron chi connectivity index (χ2n) is 3.70. The van der Waals surface area contributed by atoms with E-state index < -0.39 is 5.97 Å². The Hall–Kier alpha value is -1.81. The molecule has 0 aliphatic rings. The minimum Gasteiger partial charge on any atom is -0.496 e. The van der Waals surface area contributed by atoms with Gasteiger partial charge in [-0.2, -0.15) is 0 Å². The zero-order valence-electron chi connectivity index (χ0n) is 9.68. The Kier molecular flexibility index (Phi) is 3.67.